The first-order valence-corrected chi connectivity index (χ1v) is 9.13. The molecule has 0 aromatic carbocycles. The number of rotatable bonds is 9. The van der Waals surface area contributed by atoms with Crippen LogP contribution in [0.25, 0.3) is 0 Å². The standard InChI is InChI=1S/C20H29N3O3/c1-6-21-19(24)13-22(7-2)16(5)20(25)18-11-14(3)23(15(18)4)12-17-9-8-10-26-17/h8-11,16H,6-7,12-13H2,1-5H3,(H,21,24)/t16-/m0/s1. The maximum Gasteiger partial charge on any atom is 0.234 e. The Morgan fingerprint density at radius 1 is 1.31 bits per heavy atom. The Morgan fingerprint density at radius 2 is 2.04 bits per heavy atom. The van der Waals surface area contributed by atoms with Crippen LogP contribution < -0.4 is 5.32 Å². The molecule has 0 aliphatic carbocycles. The molecule has 0 fully saturated rings. The van der Waals surface area contributed by atoms with E-state index in [0.29, 0.717) is 25.2 Å². The van der Waals surface area contributed by atoms with Crippen molar-refractivity contribution in [3.63, 3.8) is 0 Å². The second-order valence-electron chi connectivity index (χ2n) is 6.51. The second-order valence-corrected chi connectivity index (χ2v) is 6.51. The van der Waals surface area contributed by atoms with E-state index in [9.17, 15) is 9.59 Å². The number of carbonyl (C=O) groups excluding carboxylic acids is 2. The van der Waals surface area contributed by atoms with E-state index in [1.54, 1.807) is 6.26 Å². The molecule has 0 radical (unpaired) electrons. The van der Waals surface area contributed by atoms with Gasteiger partial charge >= 0.3 is 0 Å². The summed E-state index contributed by atoms with van der Waals surface area (Å²) in [6.45, 7) is 11.7. The Hall–Kier alpha value is -2.34. The smallest absolute Gasteiger partial charge is 0.234 e. The summed E-state index contributed by atoms with van der Waals surface area (Å²) >= 11 is 0. The molecule has 26 heavy (non-hydrogen) atoms. The van der Waals surface area contributed by atoms with E-state index in [-0.39, 0.29) is 24.3 Å². The zero-order chi connectivity index (χ0) is 19.3. The molecule has 0 unspecified atom stereocenters. The number of furan rings is 1. The average molecular weight is 359 g/mol. The van der Waals surface area contributed by atoms with Crippen LogP contribution in [-0.4, -0.2) is 46.8 Å². The van der Waals surface area contributed by atoms with Gasteiger partial charge in [-0.2, -0.15) is 0 Å². The zero-order valence-corrected chi connectivity index (χ0v) is 16.3. The van der Waals surface area contributed by atoms with Crippen LogP contribution in [0.4, 0.5) is 0 Å². The normalized spacial score (nSPS) is 12.4. The molecule has 1 atom stereocenters. The number of nitrogens with one attached hydrogen (secondary N) is 1. The van der Waals surface area contributed by atoms with Crippen molar-refractivity contribution in [1.29, 1.82) is 0 Å². The highest BCUT2D eigenvalue weighted by Crippen LogP contribution is 2.20. The molecule has 2 aromatic rings. The number of aryl methyl sites for hydroxylation is 1. The van der Waals surface area contributed by atoms with Gasteiger partial charge in [-0.3, -0.25) is 14.5 Å². The maximum atomic E-state index is 13.1. The summed E-state index contributed by atoms with van der Waals surface area (Å²) < 4.78 is 7.51. The van der Waals surface area contributed by atoms with Gasteiger partial charge in [0.25, 0.3) is 0 Å². The second kappa shape index (κ2) is 8.85. The number of likely N-dealkylation sites (N-methyl/N-ethyl adjacent to an activating group) is 2. The van der Waals surface area contributed by atoms with Gasteiger partial charge in [-0.05, 0) is 52.4 Å². The Bertz CT molecular complexity index is 747. The lowest BCUT2D eigenvalue weighted by molar-refractivity contribution is -0.122. The van der Waals surface area contributed by atoms with E-state index in [2.05, 4.69) is 9.88 Å². The van der Waals surface area contributed by atoms with E-state index in [1.807, 2.05) is 57.7 Å². The summed E-state index contributed by atoms with van der Waals surface area (Å²) in [4.78, 5) is 26.9. The molecule has 0 saturated heterocycles. The van der Waals surface area contributed by atoms with Crippen LogP contribution in [0.1, 0.15) is 48.3 Å². The molecule has 0 bridgehead atoms. The molecule has 0 spiro atoms. The van der Waals surface area contributed by atoms with Crippen molar-refractivity contribution in [2.24, 2.45) is 0 Å². The largest absolute Gasteiger partial charge is 0.467 e. The lowest BCUT2D eigenvalue weighted by Crippen LogP contribution is -2.45. The third-order valence-electron chi connectivity index (χ3n) is 4.79. The van der Waals surface area contributed by atoms with Crippen molar-refractivity contribution < 1.29 is 14.0 Å². The zero-order valence-electron chi connectivity index (χ0n) is 16.3. The van der Waals surface area contributed by atoms with Crippen LogP contribution in [0.15, 0.2) is 28.9 Å². The number of carbonyl (C=O) groups is 2. The Balaban J connectivity index is 2.18. The molecule has 0 aliphatic rings. The summed E-state index contributed by atoms with van der Waals surface area (Å²) in [7, 11) is 0. The SMILES string of the molecule is CCNC(=O)CN(CC)[C@@H](C)C(=O)c1cc(C)n(Cc2ccco2)c1C. The predicted molar refractivity (Wildman–Crippen MR) is 101 cm³/mol. The third-order valence-corrected chi connectivity index (χ3v) is 4.79. The lowest BCUT2D eigenvalue weighted by Gasteiger charge is -2.26. The summed E-state index contributed by atoms with van der Waals surface area (Å²) in [5.41, 5.74) is 2.64. The van der Waals surface area contributed by atoms with Crippen molar-refractivity contribution in [2.45, 2.75) is 47.2 Å². The fraction of sp³-hybridized carbons (Fsp3) is 0.500. The van der Waals surface area contributed by atoms with E-state index in [4.69, 9.17) is 4.42 Å². The number of ketones is 1. The van der Waals surface area contributed by atoms with E-state index < -0.39 is 0 Å². The molecule has 2 heterocycles. The van der Waals surface area contributed by atoms with Crippen LogP contribution >= 0.6 is 0 Å². The van der Waals surface area contributed by atoms with Gasteiger partial charge in [0.2, 0.25) is 5.91 Å². The monoisotopic (exact) mass is 359 g/mol. The minimum atomic E-state index is -0.361. The van der Waals surface area contributed by atoms with Crippen LogP contribution in [0, 0.1) is 13.8 Å². The third kappa shape index (κ3) is 4.43. The highest BCUT2D eigenvalue weighted by molar-refractivity contribution is 6.01. The van der Waals surface area contributed by atoms with Gasteiger partial charge < -0.3 is 14.3 Å². The fourth-order valence-corrected chi connectivity index (χ4v) is 3.20. The molecule has 0 saturated carbocycles. The number of hydrogen-bond donors (Lipinski definition) is 1. The highest BCUT2D eigenvalue weighted by Gasteiger charge is 2.26. The van der Waals surface area contributed by atoms with Gasteiger partial charge in [0.1, 0.15) is 5.76 Å². The molecule has 0 aliphatic heterocycles. The molecule has 2 rings (SSSR count). The number of Topliss-reactive ketones (excluding diaryl/α,β-unsaturated/α-hetero) is 1. The van der Waals surface area contributed by atoms with Crippen LogP contribution in [0.5, 0.6) is 0 Å². The minimum absolute atomic E-state index is 0.0370. The van der Waals surface area contributed by atoms with Crippen LogP contribution in [-0.2, 0) is 11.3 Å². The Morgan fingerprint density at radius 3 is 2.62 bits per heavy atom. The molecule has 6 nitrogen and oxygen atoms in total. The topological polar surface area (TPSA) is 67.5 Å². The fourth-order valence-electron chi connectivity index (χ4n) is 3.20. The van der Waals surface area contributed by atoms with Crippen molar-refractivity contribution >= 4 is 11.7 Å². The number of hydrogen-bond acceptors (Lipinski definition) is 4. The number of amides is 1. The van der Waals surface area contributed by atoms with Gasteiger partial charge in [-0.15, -0.1) is 0 Å². The van der Waals surface area contributed by atoms with Crippen LogP contribution in [0.2, 0.25) is 0 Å². The predicted octanol–water partition coefficient (Wildman–Crippen LogP) is 2.78. The molecule has 1 N–H and O–H groups in total. The van der Waals surface area contributed by atoms with E-state index in [1.165, 1.54) is 0 Å². The van der Waals surface area contributed by atoms with Crippen molar-refractivity contribution in [1.82, 2.24) is 14.8 Å². The molecule has 2 aromatic heterocycles. The first kappa shape index (κ1) is 20.0. The molecule has 142 valence electrons. The summed E-state index contributed by atoms with van der Waals surface area (Å²) in [5.74, 6) is 0.831. The van der Waals surface area contributed by atoms with Gasteiger partial charge in [0, 0.05) is 23.5 Å². The summed E-state index contributed by atoms with van der Waals surface area (Å²) in [6.07, 6.45) is 1.65. The van der Waals surface area contributed by atoms with Gasteiger partial charge in [-0.1, -0.05) is 6.92 Å². The van der Waals surface area contributed by atoms with E-state index in [0.717, 1.165) is 17.1 Å². The molecular weight excluding hydrogens is 330 g/mol. The van der Waals surface area contributed by atoms with Gasteiger partial charge in [0.05, 0.1) is 25.4 Å². The van der Waals surface area contributed by atoms with Crippen molar-refractivity contribution in [2.75, 3.05) is 19.6 Å². The quantitative estimate of drug-likeness (QED) is 0.699. The average Bonchev–Trinajstić information content (AvgIpc) is 3.22. The first-order chi connectivity index (χ1) is 12.4. The van der Waals surface area contributed by atoms with Gasteiger partial charge in [0.15, 0.2) is 5.78 Å². The summed E-state index contributed by atoms with van der Waals surface area (Å²) in [5, 5.41) is 2.79. The molecule has 1 amide bonds. The maximum absolute atomic E-state index is 13.1. The first-order valence-electron chi connectivity index (χ1n) is 9.13. The Kier molecular flexibility index (Phi) is 6.80. The minimum Gasteiger partial charge on any atom is -0.467 e. The van der Waals surface area contributed by atoms with Crippen molar-refractivity contribution in [3.8, 4) is 0 Å². The van der Waals surface area contributed by atoms with E-state index >= 15 is 0 Å². The summed E-state index contributed by atoms with van der Waals surface area (Å²) in [6, 6.07) is 5.35. The number of nitrogens with zero attached hydrogens (tertiary/aromatic N) is 2. The van der Waals surface area contributed by atoms with Gasteiger partial charge in [-0.25, -0.2) is 0 Å². The molecular formula is C20H29N3O3. The number of aromatic nitrogens is 1. The Labute approximate surface area is 155 Å². The highest BCUT2D eigenvalue weighted by atomic mass is 16.3. The van der Waals surface area contributed by atoms with Crippen molar-refractivity contribution in [3.05, 3.63) is 47.2 Å². The molecule has 6 heteroatoms. The lowest BCUT2D eigenvalue weighted by atomic mass is 10.0. The van der Waals surface area contributed by atoms with Crippen LogP contribution in [0.3, 0.4) is 0 Å².